The predicted molar refractivity (Wildman–Crippen MR) is 116 cm³/mol. The van der Waals surface area contributed by atoms with Gasteiger partial charge in [0.25, 0.3) is 11.7 Å². The molecule has 8 heteroatoms. The number of phenolic OH excluding ortho intramolecular Hbond substituents is 1. The molecule has 3 aromatic rings. The molecule has 1 aliphatic heterocycles. The number of amides is 1. The van der Waals surface area contributed by atoms with Crippen LogP contribution in [0.1, 0.15) is 23.1 Å². The first kappa shape index (κ1) is 21.0. The van der Waals surface area contributed by atoms with E-state index in [1.807, 2.05) is 0 Å². The number of para-hydroxylation sites is 2. The van der Waals surface area contributed by atoms with E-state index in [-0.39, 0.29) is 34.1 Å². The van der Waals surface area contributed by atoms with Gasteiger partial charge in [0.05, 0.1) is 31.0 Å². The fourth-order valence-electron chi connectivity index (χ4n) is 3.76. The zero-order valence-electron chi connectivity index (χ0n) is 17.7. The summed E-state index contributed by atoms with van der Waals surface area (Å²) < 4.78 is 16.3. The molecule has 1 amide bonds. The molecule has 2 heterocycles. The molecule has 4 rings (SSSR count). The van der Waals surface area contributed by atoms with Crippen molar-refractivity contribution in [3.05, 3.63) is 77.3 Å². The van der Waals surface area contributed by atoms with Crippen LogP contribution in [0, 0.1) is 6.92 Å². The van der Waals surface area contributed by atoms with E-state index in [2.05, 4.69) is 0 Å². The van der Waals surface area contributed by atoms with Crippen molar-refractivity contribution in [1.29, 1.82) is 0 Å². The Morgan fingerprint density at radius 3 is 2.41 bits per heavy atom. The Morgan fingerprint density at radius 1 is 1.03 bits per heavy atom. The number of ketones is 1. The summed E-state index contributed by atoms with van der Waals surface area (Å²) in [6, 6.07) is 13.1. The number of carbonyl (C=O) groups is 2. The second-order valence-corrected chi connectivity index (χ2v) is 7.17. The number of phenols is 1. The predicted octanol–water partition coefficient (Wildman–Crippen LogP) is 3.94. The normalized spacial score (nSPS) is 17.6. The van der Waals surface area contributed by atoms with Gasteiger partial charge in [-0.05, 0) is 49.4 Å². The van der Waals surface area contributed by atoms with E-state index in [1.54, 1.807) is 43.3 Å². The van der Waals surface area contributed by atoms with Crippen molar-refractivity contribution >= 4 is 23.1 Å². The van der Waals surface area contributed by atoms with E-state index >= 15 is 0 Å². The van der Waals surface area contributed by atoms with Crippen LogP contribution in [-0.2, 0) is 9.59 Å². The van der Waals surface area contributed by atoms with Gasteiger partial charge in [-0.2, -0.15) is 0 Å². The molecule has 0 radical (unpaired) electrons. The Balaban J connectivity index is 1.99. The van der Waals surface area contributed by atoms with Gasteiger partial charge in [-0.3, -0.25) is 14.5 Å². The number of anilines is 1. The molecule has 1 fully saturated rings. The summed E-state index contributed by atoms with van der Waals surface area (Å²) in [5.74, 6) is -0.948. The lowest BCUT2D eigenvalue weighted by Crippen LogP contribution is -2.29. The van der Waals surface area contributed by atoms with Crippen molar-refractivity contribution in [1.82, 2.24) is 0 Å². The summed E-state index contributed by atoms with van der Waals surface area (Å²) in [5.41, 5.74) is 0.0971. The molecule has 0 saturated carbocycles. The van der Waals surface area contributed by atoms with Crippen molar-refractivity contribution in [2.75, 3.05) is 19.1 Å². The van der Waals surface area contributed by atoms with E-state index in [4.69, 9.17) is 13.9 Å². The van der Waals surface area contributed by atoms with Crippen molar-refractivity contribution < 1.29 is 33.7 Å². The van der Waals surface area contributed by atoms with E-state index in [0.717, 1.165) is 4.90 Å². The summed E-state index contributed by atoms with van der Waals surface area (Å²) in [7, 11) is 2.89. The molecule has 0 bridgehead atoms. The van der Waals surface area contributed by atoms with Gasteiger partial charge in [0.15, 0.2) is 0 Å². The number of benzene rings is 2. The third kappa shape index (κ3) is 3.35. The first-order valence-corrected chi connectivity index (χ1v) is 9.75. The van der Waals surface area contributed by atoms with Gasteiger partial charge in [0, 0.05) is 0 Å². The highest BCUT2D eigenvalue weighted by Crippen LogP contribution is 2.46. The van der Waals surface area contributed by atoms with E-state index in [0.29, 0.717) is 11.5 Å². The SMILES string of the molecule is COc1ccc(OC)c(/C(O)=C2\C(=O)C(=O)N(c3ccccc3O)C2c2ccc(C)o2)c1. The van der Waals surface area contributed by atoms with Crippen LogP contribution in [0.25, 0.3) is 5.76 Å². The van der Waals surface area contributed by atoms with Crippen LogP contribution in [0.3, 0.4) is 0 Å². The number of aromatic hydroxyl groups is 1. The number of Topliss-reactive ketones (excluding diaryl/α,β-unsaturated/α-hetero) is 1. The number of hydrogen-bond acceptors (Lipinski definition) is 7. The van der Waals surface area contributed by atoms with Gasteiger partial charge >= 0.3 is 0 Å². The van der Waals surface area contributed by atoms with Gasteiger partial charge in [0.2, 0.25) is 0 Å². The lowest BCUT2D eigenvalue weighted by molar-refractivity contribution is -0.132. The number of hydrogen-bond donors (Lipinski definition) is 2. The van der Waals surface area contributed by atoms with Gasteiger partial charge in [-0.1, -0.05) is 12.1 Å². The number of furan rings is 1. The number of carbonyl (C=O) groups excluding carboxylic acids is 2. The molecule has 1 aromatic heterocycles. The quantitative estimate of drug-likeness (QED) is 0.355. The third-order valence-corrected chi connectivity index (χ3v) is 5.28. The smallest absolute Gasteiger partial charge is 0.300 e. The van der Waals surface area contributed by atoms with Crippen LogP contribution < -0.4 is 14.4 Å². The summed E-state index contributed by atoms with van der Waals surface area (Å²) >= 11 is 0. The van der Waals surface area contributed by atoms with Gasteiger partial charge in [-0.15, -0.1) is 0 Å². The number of aliphatic hydroxyl groups is 1. The topological polar surface area (TPSA) is 109 Å². The molecular formula is C24H21NO7. The molecule has 8 nitrogen and oxygen atoms in total. The maximum atomic E-state index is 13.2. The average Bonchev–Trinajstić information content (AvgIpc) is 3.34. The van der Waals surface area contributed by atoms with Crippen molar-refractivity contribution in [3.8, 4) is 17.2 Å². The van der Waals surface area contributed by atoms with Crippen LogP contribution in [0.4, 0.5) is 5.69 Å². The van der Waals surface area contributed by atoms with E-state index in [1.165, 1.54) is 32.4 Å². The highest BCUT2D eigenvalue weighted by atomic mass is 16.5. The first-order chi connectivity index (χ1) is 15.4. The number of ether oxygens (including phenoxy) is 2. The molecule has 1 aliphatic rings. The van der Waals surface area contributed by atoms with Crippen molar-refractivity contribution in [3.63, 3.8) is 0 Å². The summed E-state index contributed by atoms with van der Waals surface area (Å²) in [5, 5.41) is 21.6. The minimum Gasteiger partial charge on any atom is -0.507 e. The van der Waals surface area contributed by atoms with E-state index in [9.17, 15) is 19.8 Å². The molecule has 0 spiro atoms. The van der Waals surface area contributed by atoms with Gasteiger partial charge in [-0.25, -0.2) is 0 Å². The minimum absolute atomic E-state index is 0.116. The minimum atomic E-state index is -1.10. The molecule has 164 valence electrons. The second-order valence-electron chi connectivity index (χ2n) is 7.17. The number of methoxy groups -OCH3 is 2. The zero-order chi connectivity index (χ0) is 23.0. The molecule has 1 saturated heterocycles. The largest absolute Gasteiger partial charge is 0.507 e. The monoisotopic (exact) mass is 435 g/mol. The summed E-state index contributed by atoms with van der Waals surface area (Å²) in [6.07, 6.45) is 0. The average molecular weight is 435 g/mol. The first-order valence-electron chi connectivity index (χ1n) is 9.75. The number of aryl methyl sites for hydroxylation is 1. The van der Waals surface area contributed by atoms with E-state index < -0.39 is 23.5 Å². The Kier molecular flexibility index (Phi) is 5.36. The fourth-order valence-corrected chi connectivity index (χ4v) is 3.76. The fraction of sp³-hybridized carbons (Fsp3) is 0.167. The van der Waals surface area contributed by atoms with Crippen LogP contribution >= 0.6 is 0 Å². The lowest BCUT2D eigenvalue weighted by Gasteiger charge is -2.24. The number of aliphatic hydroxyl groups excluding tert-OH is 1. The molecule has 1 unspecified atom stereocenters. The highest BCUT2D eigenvalue weighted by molar-refractivity contribution is 6.51. The van der Waals surface area contributed by atoms with Crippen LogP contribution in [0.15, 0.2) is 64.6 Å². The summed E-state index contributed by atoms with van der Waals surface area (Å²) in [6.45, 7) is 1.72. The van der Waals surface area contributed by atoms with Crippen molar-refractivity contribution in [2.24, 2.45) is 0 Å². The molecule has 32 heavy (non-hydrogen) atoms. The van der Waals surface area contributed by atoms with Crippen LogP contribution in [0.2, 0.25) is 0 Å². The zero-order valence-corrected chi connectivity index (χ0v) is 17.7. The Morgan fingerprint density at radius 2 is 1.78 bits per heavy atom. The Labute approximate surface area is 183 Å². The van der Waals surface area contributed by atoms with Crippen LogP contribution in [-0.4, -0.2) is 36.1 Å². The number of nitrogens with zero attached hydrogens (tertiary/aromatic N) is 1. The second kappa shape index (κ2) is 8.14. The van der Waals surface area contributed by atoms with Crippen molar-refractivity contribution in [2.45, 2.75) is 13.0 Å². The molecule has 2 aromatic carbocycles. The maximum Gasteiger partial charge on any atom is 0.300 e. The van der Waals surface area contributed by atoms with Crippen LogP contribution in [0.5, 0.6) is 17.2 Å². The standard InChI is InChI=1S/C24H21NO7/c1-13-8-10-19(32-13)21-20(22(27)15-12-14(30-2)9-11-18(15)31-3)23(28)24(29)25(21)16-6-4-5-7-17(16)26/h4-12,21,26-27H,1-3H3/b22-20+. The molecule has 0 aliphatic carbocycles. The Bertz CT molecular complexity index is 1240. The summed E-state index contributed by atoms with van der Waals surface area (Å²) in [4.78, 5) is 27.4. The lowest BCUT2D eigenvalue weighted by atomic mass is 9.98. The van der Waals surface area contributed by atoms with Gasteiger partial charge in [0.1, 0.15) is 40.6 Å². The Hall–Kier alpha value is -4.20. The number of rotatable bonds is 5. The molecule has 2 N–H and O–H groups in total. The highest BCUT2D eigenvalue weighted by Gasteiger charge is 2.49. The van der Waals surface area contributed by atoms with Gasteiger partial charge < -0.3 is 24.1 Å². The maximum absolute atomic E-state index is 13.2. The molecular weight excluding hydrogens is 414 g/mol. The third-order valence-electron chi connectivity index (χ3n) is 5.28. The molecule has 1 atom stereocenters.